The molecule has 0 heterocycles. The summed E-state index contributed by atoms with van der Waals surface area (Å²) in [7, 11) is 0. The maximum absolute atomic E-state index is 12.8. The molecule has 0 unspecified atom stereocenters. The molecule has 114 valence electrons. The number of hydrogen-bond acceptors (Lipinski definition) is 2. The minimum Gasteiger partial charge on any atom is -0.273 e. The maximum Gasteiger partial charge on any atom is 0.244 e. The van der Waals surface area contributed by atoms with Crippen molar-refractivity contribution < 1.29 is 9.18 Å². The topological polar surface area (TPSA) is 41.5 Å². The van der Waals surface area contributed by atoms with Gasteiger partial charge in [0.05, 0.1) is 12.6 Å². The summed E-state index contributed by atoms with van der Waals surface area (Å²) in [6.07, 6.45) is 1.77. The van der Waals surface area contributed by atoms with Crippen LogP contribution >= 0.6 is 0 Å². The van der Waals surface area contributed by atoms with E-state index >= 15 is 0 Å². The summed E-state index contributed by atoms with van der Waals surface area (Å²) in [5.74, 6) is -0.0601. The van der Waals surface area contributed by atoms with E-state index in [9.17, 15) is 9.18 Å². The third-order valence-electron chi connectivity index (χ3n) is 3.28. The fourth-order valence-corrected chi connectivity index (χ4v) is 1.97. The molecule has 0 aliphatic rings. The largest absolute Gasteiger partial charge is 0.273 e. The lowest BCUT2D eigenvalue weighted by molar-refractivity contribution is -0.120. The molecule has 4 heteroatoms. The van der Waals surface area contributed by atoms with Gasteiger partial charge in [-0.3, -0.25) is 4.79 Å². The fraction of sp³-hybridized carbons (Fsp3) is 0.222. The Labute approximate surface area is 129 Å². The Bertz CT molecular complexity index is 646. The third-order valence-corrected chi connectivity index (χ3v) is 3.28. The van der Waals surface area contributed by atoms with E-state index in [-0.39, 0.29) is 18.1 Å². The highest BCUT2D eigenvalue weighted by atomic mass is 19.1. The highest BCUT2D eigenvalue weighted by Gasteiger charge is 2.02. The first-order valence-electron chi connectivity index (χ1n) is 7.21. The molecular weight excluding hydrogens is 279 g/mol. The molecule has 3 nitrogen and oxygen atoms in total. The second-order valence-electron chi connectivity index (χ2n) is 5.42. The Balaban J connectivity index is 1.86. The zero-order chi connectivity index (χ0) is 15.9. The van der Waals surface area contributed by atoms with E-state index < -0.39 is 0 Å². The molecule has 0 fully saturated rings. The second-order valence-corrected chi connectivity index (χ2v) is 5.42. The molecule has 0 bridgehead atoms. The smallest absolute Gasteiger partial charge is 0.244 e. The number of hydrazone groups is 1. The van der Waals surface area contributed by atoms with Crippen molar-refractivity contribution >= 4 is 12.1 Å². The van der Waals surface area contributed by atoms with Crippen LogP contribution in [0, 0.1) is 5.82 Å². The molecule has 1 amide bonds. The molecule has 0 saturated heterocycles. The summed E-state index contributed by atoms with van der Waals surface area (Å²) in [4.78, 5) is 11.7. The molecule has 0 aliphatic heterocycles. The van der Waals surface area contributed by atoms with E-state index in [1.54, 1.807) is 18.3 Å². The molecule has 1 N–H and O–H groups in total. The van der Waals surface area contributed by atoms with Crippen LogP contribution < -0.4 is 5.43 Å². The molecule has 2 aromatic rings. The number of nitrogens with one attached hydrogen (secondary N) is 1. The van der Waals surface area contributed by atoms with Crippen molar-refractivity contribution in [2.24, 2.45) is 5.10 Å². The van der Waals surface area contributed by atoms with Crippen molar-refractivity contribution in [3.05, 3.63) is 71.0 Å². The minimum absolute atomic E-state index is 0.171. The predicted molar refractivity (Wildman–Crippen MR) is 86.4 cm³/mol. The molecule has 2 aromatic carbocycles. The Morgan fingerprint density at radius 3 is 2.36 bits per heavy atom. The van der Waals surface area contributed by atoms with Crippen LogP contribution in [0.5, 0.6) is 0 Å². The Hall–Kier alpha value is -2.49. The van der Waals surface area contributed by atoms with Crippen LogP contribution in [-0.2, 0) is 11.2 Å². The summed E-state index contributed by atoms with van der Waals surface area (Å²) in [6, 6.07) is 13.9. The van der Waals surface area contributed by atoms with Crippen LogP contribution in [0.1, 0.15) is 36.5 Å². The lowest BCUT2D eigenvalue weighted by Crippen LogP contribution is -2.19. The Morgan fingerprint density at radius 1 is 1.14 bits per heavy atom. The number of rotatable bonds is 5. The van der Waals surface area contributed by atoms with Gasteiger partial charge in [-0.2, -0.15) is 5.10 Å². The summed E-state index contributed by atoms with van der Waals surface area (Å²) in [5, 5.41) is 3.93. The highest BCUT2D eigenvalue weighted by molar-refractivity contribution is 5.83. The number of nitrogens with zero attached hydrogens (tertiary/aromatic N) is 1. The van der Waals surface area contributed by atoms with Gasteiger partial charge < -0.3 is 0 Å². The van der Waals surface area contributed by atoms with E-state index in [1.165, 1.54) is 17.7 Å². The van der Waals surface area contributed by atoms with Gasteiger partial charge in [0.2, 0.25) is 5.91 Å². The van der Waals surface area contributed by atoms with Crippen LogP contribution in [0.25, 0.3) is 0 Å². The molecule has 0 aliphatic carbocycles. The van der Waals surface area contributed by atoms with Gasteiger partial charge in [0.25, 0.3) is 0 Å². The zero-order valence-corrected chi connectivity index (χ0v) is 12.7. The van der Waals surface area contributed by atoms with Crippen LogP contribution in [0.15, 0.2) is 53.6 Å². The monoisotopic (exact) mass is 298 g/mol. The zero-order valence-electron chi connectivity index (χ0n) is 12.7. The molecule has 0 radical (unpaired) electrons. The van der Waals surface area contributed by atoms with E-state index in [1.807, 2.05) is 24.3 Å². The van der Waals surface area contributed by atoms with Gasteiger partial charge in [-0.05, 0) is 34.7 Å². The van der Waals surface area contributed by atoms with Crippen molar-refractivity contribution in [3.8, 4) is 0 Å². The lowest BCUT2D eigenvalue weighted by atomic mass is 10.0. The van der Waals surface area contributed by atoms with Crippen molar-refractivity contribution in [2.45, 2.75) is 26.2 Å². The van der Waals surface area contributed by atoms with Crippen molar-refractivity contribution in [2.75, 3.05) is 0 Å². The second kappa shape index (κ2) is 7.50. The van der Waals surface area contributed by atoms with Gasteiger partial charge in [-0.25, -0.2) is 9.82 Å². The van der Waals surface area contributed by atoms with Crippen LogP contribution in [0.2, 0.25) is 0 Å². The summed E-state index contributed by atoms with van der Waals surface area (Å²) in [6.45, 7) is 4.28. The lowest BCUT2D eigenvalue weighted by Gasteiger charge is -2.04. The predicted octanol–water partition coefficient (Wildman–Crippen LogP) is 3.64. The summed E-state index contributed by atoms with van der Waals surface area (Å²) >= 11 is 0. The van der Waals surface area contributed by atoms with E-state index in [0.717, 1.165) is 11.1 Å². The maximum atomic E-state index is 12.8. The van der Waals surface area contributed by atoms with E-state index in [4.69, 9.17) is 0 Å². The van der Waals surface area contributed by atoms with E-state index in [2.05, 4.69) is 24.4 Å². The van der Waals surface area contributed by atoms with Crippen LogP contribution in [0.3, 0.4) is 0 Å². The molecule has 0 atom stereocenters. The number of carbonyl (C=O) groups excluding carboxylic acids is 1. The number of benzene rings is 2. The molecule has 22 heavy (non-hydrogen) atoms. The van der Waals surface area contributed by atoms with Gasteiger partial charge in [-0.1, -0.05) is 50.2 Å². The third kappa shape index (κ3) is 4.81. The van der Waals surface area contributed by atoms with Crippen LogP contribution in [-0.4, -0.2) is 12.1 Å². The van der Waals surface area contributed by atoms with Gasteiger partial charge in [0, 0.05) is 0 Å². The standard InChI is InChI=1S/C18H19FN2O/c1-13(2)16-7-3-15(4-8-16)12-20-21-18(22)11-14-5-9-17(19)10-6-14/h3-10,12-13H,11H2,1-2H3,(H,21,22). The molecule has 0 spiro atoms. The molecule has 0 aromatic heterocycles. The number of carbonyl (C=O) groups is 1. The summed E-state index contributed by atoms with van der Waals surface area (Å²) < 4.78 is 12.8. The number of halogens is 1. The highest BCUT2D eigenvalue weighted by Crippen LogP contribution is 2.13. The number of hydrogen-bond donors (Lipinski definition) is 1. The average molecular weight is 298 g/mol. The van der Waals surface area contributed by atoms with E-state index in [0.29, 0.717) is 5.92 Å². The quantitative estimate of drug-likeness (QED) is 0.664. The average Bonchev–Trinajstić information content (AvgIpc) is 2.50. The van der Waals surface area contributed by atoms with Crippen molar-refractivity contribution in [1.29, 1.82) is 0 Å². The normalized spacial score (nSPS) is 11.1. The Kier molecular flexibility index (Phi) is 5.42. The first-order valence-corrected chi connectivity index (χ1v) is 7.21. The van der Waals surface area contributed by atoms with Crippen molar-refractivity contribution in [3.63, 3.8) is 0 Å². The SMILES string of the molecule is CC(C)c1ccc(C=NNC(=O)Cc2ccc(F)cc2)cc1. The summed E-state index contributed by atoms with van der Waals surface area (Å²) in [5.41, 5.74) is 5.40. The Morgan fingerprint density at radius 2 is 1.77 bits per heavy atom. The van der Waals surface area contributed by atoms with Gasteiger partial charge in [0.1, 0.15) is 5.82 Å². The van der Waals surface area contributed by atoms with Crippen LogP contribution in [0.4, 0.5) is 4.39 Å². The van der Waals surface area contributed by atoms with Gasteiger partial charge in [-0.15, -0.1) is 0 Å². The first kappa shape index (κ1) is 15.9. The fourth-order valence-electron chi connectivity index (χ4n) is 1.97. The minimum atomic E-state index is -0.313. The molecule has 2 rings (SSSR count). The van der Waals surface area contributed by atoms with Gasteiger partial charge >= 0.3 is 0 Å². The molecular formula is C18H19FN2O. The molecule has 0 saturated carbocycles. The van der Waals surface area contributed by atoms with Gasteiger partial charge in [0.15, 0.2) is 0 Å². The first-order chi connectivity index (χ1) is 10.5. The van der Waals surface area contributed by atoms with Crippen molar-refractivity contribution in [1.82, 2.24) is 5.43 Å². The number of amides is 1.